The molecule has 10 heteroatoms. The molecule has 7 nitrogen and oxygen atoms in total. The molecule has 0 aliphatic rings. The topological polar surface area (TPSA) is 86.8 Å². The molecule has 0 bridgehead atoms. The van der Waals surface area contributed by atoms with Crippen LogP contribution in [0.5, 0.6) is 0 Å². The maximum absolute atomic E-state index is 13.8. The van der Waals surface area contributed by atoms with Crippen LogP contribution in [-0.2, 0) is 26.2 Å². The number of nitrogens with one attached hydrogen (secondary N) is 1. The Kier molecular flexibility index (Phi) is 9.88. The number of amides is 2. The highest BCUT2D eigenvalue weighted by Gasteiger charge is 2.32. The Morgan fingerprint density at radius 3 is 2.16 bits per heavy atom. The summed E-state index contributed by atoms with van der Waals surface area (Å²) in [5, 5.41) is 3.31. The number of halogens is 2. The summed E-state index contributed by atoms with van der Waals surface area (Å²) >= 11 is 6.00. The lowest BCUT2D eigenvalue weighted by Gasteiger charge is -2.32. The Morgan fingerprint density at radius 2 is 1.58 bits per heavy atom. The molecule has 0 saturated carbocycles. The highest BCUT2D eigenvalue weighted by atomic mass is 35.5. The molecule has 0 heterocycles. The summed E-state index contributed by atoms with van der Waals surface area (Å²) in [5.41, 5.74) is 1.71. The lowest BCUT2D eigenvalue weighted by atomic mass is 10.1. The number of carbonyl (C=O) groups is 2. The van der Waals surface area contributed by atoms with Crippen molar-refractivity contribution in [3.8, 4) is 0 Å². The molecule has 38 heavy (non-hydrogen) atoms. The highest BCUT2D eigenvalue weighted by molar-refractivity contribution is 7.92. The van der Waals surface area contributed by atoms with Gasteiger partial charge in [-0.1, -0.05) is 48.4 Å². The summed E-state index contributed by atoms with van der Waals surface area (Å²) < 4.78 is 42.0. The van der Waals surface area contributed by atoms with E-state index in [0.717, 1.165) is 28.4 Å². The molecule has 0 aromatic heterocycles. The third-order valence-corrected chi connectivity index (χ3v) is 8.03. The number of anilines is 1. The van der Waals surface area contributed by atoms with Crippen LogP contribution in [0, 0.1) is 12.7 Å². The molecule has 0 radical (unpaired) electrons. The first-order chi connectivity index (χ1) is 18.0. The molecule has 0 spiro atoms. The van der Waals surface area contributed by atoms with E-state index in [1.807, 2.05) is 13.8 Å². The standard InChI is InChI=1S/C28H31ClFN3O4S/c1-4-17-31-28(35)21(3)32(18-22-7-9-23(29)10-8-22)27(34)19-33(25-13-11-24(30)12-14-25)38(36,37)26-15-5-20(2)6-16-26/h5-16,21H,4,17-19H2,1-3H3,(H,31,35)/t21-/m0/s1. The minimum atomic E-state index is -4.21. The second kappa shape index (κ2) is 12.9. The van der Waals surface area contributed by atoms with Crippen molar-refractivity contribution in [3.63, 3.8) is 0 Å². The maximum Gasteiger partial charge on any atom is 0.264 e. The van der Waals surface area contributed by atoms with E-state index in [1.165, 1.54) is 29.2 Å². The van der Waals surface area contributed by atoms with Crippen LogP contribution < -0.4 is 9.62 Å². The Bertz CT molecular complexity index is 1350. The monoisotopic (exact) mass is 559 g/mol. The second-order valence-electron chi connectivity index (χ2n) is 8.92. The van der Waals surface area contributed by atoms with Crippen molar-refractivity contribution in [1.82, 2.24) is 10.2 Å². The van der Waals surface area contributed by atoms with E-state index in [9.17, 15) is 22.4 Å². The van der Waals surface area contributed by atoms with Gasteiger partial charge in [-0.2, -0.15) is 0 Å². The third-order valence-electron chi connectivity index (χ3n) is 5.99. The van der Waals surface area contributed by atoms with E-state index >= 15 is 0 Å². The van der Waals surface area contributed by atoms with Gasteiger partial charge in [0.2, 0.25) is 11.8 Å². The van der Waals surface area contributed by atoms with Crippen molar-refractivity contribution >= 4 is 39.1 Å². The Hall–Kier alpha value is -3.43. The average Bonchev–Trinajstić information content (AvgIpc) is 2.90. The van der Waals surface area contributed by atoms with Crippen molar-refractivity contribution in [3.05, 3.63) is 94.8 Å². The largest absolute Gasteiger partial charge is 0.354 e. The Balaban J connectivity index is 2.00. The number of benzene rings is 3. The number of rotatable bonds is 11. The SMILES string of the molecule is CCCNC(=O)[C@H](C)N(Cc1ccc(Cl)cc1)C(=O)CN(c1ccc(F)cc1)S(=O)(=O)c1ccc(C)cc1. The van der Waals surface area contributed by atoms with Crippen LogP contribution in [0.3, 0.4) is 0 Å². The lowest BCUT2D eigenvalue weighted by Crippen LogP contribution is -2.51. The minimum Gasteiger partial charge on any atom is -0.354 e. The molecular formula is C28H31ClFN3O4S. The molecule has 1 atom stereocenters. The lowest BCUT2D eigenvalue weighted by molar-refractivity contribution is -0.139. The summed E-state index contributed by atoms with van der Waals surface area (Å²) in [6.45, 7) is 5.24. The fraction of sp³-hybridized carbons (Fsp3) is 0.286. The van der Waals surface area contributed by atoms with E-state index < -0.39 is 34.3 Å². The van der Waals surface area contributed by atoms with E-state index in [1.54, 1.807) is 43.3 Å². The minimum absolute atomic E-state index is 0.0155. The average molecular weight is 560 g/mol. The third kappa shape index (κ3) is 7.33. The van der Waals surface area contributed by atoms with Crippen LogP contribution in [0.2, 0.25) is 5.02 Å². The molecule has 3 aromatic carbocycles. The fourth-order valence-corrected chi connectivity index (χ4v) is 5.28. The number of sulfonamides is 1. The zero-order chi connectivity index (χ0) is 27.9. The van der Waals surface area contributed by atoms with Gasteiger partial charge >= 0.3 is 0 Å². The van der Waals surface area contributed by atoms with Crippen molar-refractivity contribution < 1.29 is 22.4 Å². The molecule has 0 aliphatic heterocycles. The normalized spacial score (nSPS) is 12.0. The summed E-state index contributed by atoms with van der Waals surface area (Å²) in [5.74, 6) is -1.50. The molecule has 0 saturated heterocycles. The van der Waals surface area contributed by atoms with Gasteiger partial charge in [0.05, 0.1) is 10.6 Å². The summed E-state index contributed by atoms with van der Waals surface area (Å²) in [6, 6.07) is 17.0. The van der Waals surface area contributed by atoms with Gasteiger partial charge in [0, 0.05) is 18.1 Å². The number of aryl methyl sites for hydroxylation is 1. The first-order valence-electron chi connectivity index (χ1n) is 12.2. The van der Waals surface area contributed by atoms with Gasteiger partial charge < -0.3 is 10.2 Å². The molecule has 1 N–H and O–H groups in total. The summed E-state index contributed by atoms with van der Waals surface area (Å²) in [4.78, 5) is 27.9. The van der Waals surface area contributed by atoms with Gasteiger partial charge in [-0.05, 0) is 74.4 Å². The van der Waals surface area contributed by atoms with Crippen LogP contribution in [0.1, 0.15) is 31.4 Å². The zero-order valence-corrected chi connectivity index (χ0v) is 23.1. The molecule has 0 unspecified atom stereocenters. The van der Waals surface area contributed by atoms with Crippen LogP contribution in [-0.4, -0.2) is 44.3 Å². The van der Waals surface area contributed by atoms with Crippen LogP contribution in [0.15, 0.2) is 77.7 Å². The van der Waals surface area contributed by atoms with Crippen molar-refractivity contribution in [1.29, 1.82) is 0 Å². The van der Waals surface area contributed by atoms with E-state index in [4.69, 9.17) is 11.6 Å². The quantitative estimate of drug-likeness (QED) is 0.361. The highest BCUT2D eigenvalue weighted by Crippen LogP contribution is 2.25. The molecule has 3 rings (SSSR count). The number of hydrogen-bond acceptors (Lipinski definition) is 4. The molecule has 0 aliphatic carbocycles. The summed E-state index contributed by atoms with van der Waals surface area (Å²) in [6.07, 6.45) is 0.719. The number of hydrogen-bond donors (Lipinski definition) is 1. The predicted octanol–water partition coefficient (Wildman–Crippen LogP) is 4.93. The zero-order valence-electron chi connectivity index (χ0n) is 21.5. The second-order valence-corrected chi connectivity index (χ2v) is 11.2. The number of nitrogens with zero attached hydrogens (tertiary/aromatic N) is 2. The smallest absolute Gasteiger partial charge is 0.264 e. The molecular weight excluding hydrogens is 529 g/mol. The molecule has 2 amide bonds. The van der Waals surface area contributed by atoms with E-state index in [-0.39, 0.29) is 23.0 Å². The Morgan fingerprint density at radius 1 is 0.974 bits per heavy atom. The Labute approximate surface area is 228 Å². The van der Waals surface area contributed by atoms with Crippen molar-refractivity contribution in [2.75, 3.05) is 17.4 Å². The van der Waals surface area contributed by atoms with Crippen LogP contribution in [0.25, 0.3) is 0 Å². The van der Waals surface area contributed by atoms with Crippen LogP contribution in [0.4, 0.5) is 10.1 Å². The van der Waals surface area contributed by atoms with E-state index in [0.29, 0.717) is 17.1 Å². The van der Waals surface area contributed by atoms with Gasteiger partial charge in [-0.15, -0.1) is 0 Å². The van der Waals surface area contributed by atoms with Gasteiger partial charge in [-0.25, -0.2) is 12.8 Å². The van der Waals surface area contributed by atoms with Gasteiger partial charge in [0.1, 0.15) is 18.4 Å². The van der Waals surface area contributed by atoms with Gasteiger partial charge in [0.25, 0.3) is 10.0 Å². The maximum atomic E-state index is 13.8. The molecule has 202 valence electrons. The van der Waals surface area contributed by atoms with Crippen molar-refractivity contribution in [2.45, 2.75) is 44.7 Å². The summed E-state index contributed by atoms with van der Waals surface area (Å²) in [7, 11) is -4.21. The first-order valence-corrected chi connectivity index (χ1v) is 14.0. The number of carbonyl (C=O) groups excluding carboxylic acids is 2. The molecule has 3 aromatic rings. The van der Waals surface area contributed by atoms with Gasteiger partial charge in [0.15, 0.2) is 0 Å². The van der Waals surface area contributed by atoms with E-state index in [2.05, 4.69) is 5.32 Å². The fourth-order valence-electron chi connectivity index (χ4n) is 3.74. The molecule has 0 fully saturated rings. The first kappa shape index (κ1) is 29.1. The van der Waals surface area contributed by atoms with Crippen LogP contribution >= 0.6 is 11.6 Å². The van der Waals surface area contributed by atoms with Gasteiger partial charge in [-0.3, -0.25) is 13.9 Å². The van der Waals surface area contributed by atoms with Crippen molar-refractivity contribution in [2.24, 2.45) is 0 Å². The predicted molar refractivity (Wildman–Crippen MR) is 147 cm³/mol.